The zero-order chi connectivity index (χ0) is 19.2. The lowest BCUT2D eigenvalue weighted by molar-refractivity contribution is -0.136. The molecule has 0 bridgehead atoms. The molecule has 0 aromatic heterocycles. The quantitative estimate of drug-likeness (QED) is 0.810. The highest BCUT2D eigenvalue weighted by atomic mass is 32.2. The van der Waals surface area contributed by atoms with E-state index >= 15 is 0 Å². The normalized spacial score (nSPS) is 30.1. The third-order valence-electron chi connectivity index (χ3n) is 5.95. The lowest BCUT2D eigenvalue weighted by Crippen LogP contribution is -2.57. The maximum absolute atomic E-state index is 12.1. The first-order valence-electron chi connectivity index (χ1n) is 10.1. The standard InChI is InChI=1S/C21H32N2O3S/c1-16(24)23-14-6-9-20(22-27(2)25)21(23)15-26-19-12-10-18(11-13-19)17-7-4-3-5-8-17/h3-5,7-8,18-22H,6,9-15H2,1-2H3. The number of hydrogen-bond acceptors (Lipinski definition) is 3. The number of likely N-dealkylation sites (tertiary alicyclic amines) is 1. The van der Waals surface area contributed by atoms with Gasteiger partial charge in [-0.25, -0.2) is 8.93 Å². The van der Waals surface area contributed by atoms with Gasteiger partial charge in [-0.2, -0.15) is 0 Å². The van der Waals surface area contributed by atoms with Crippen LogP contribution in [0.3, 0.4) is 0 Å². The first kappa shape index (κ1) is 20.5. The van der Waals surface area contributed by atoms with Crippen LogP contribution in [0.15, 0.2) is 30.3 Å². The zero-order valence-electron chi connectivity index (χ0n) is 16.4. The van der Waals surface area contributed by atoms with Crippen LogP contribution < -0.4 is 4.72 Å². The van der Waals surface area contributed by atoms with Gasteiger partial charge in [-0.05, 0) is 50.0 Å². The second kappa shape index (κ2) is 9.80. The van der Waals surface area contributed by atoms with Crippen LogP contribution in [0, 0.1) is 0 Å². The molecule has 1 heterocycles. The average molecular weight is 393 g/mol. The number of ether oxygens (including phenoxy) is 1. The molecule has 1 aliphatic heterocycles. The maximum atomic E-state index is 12.1. The van der Waals surface area contributed by atoms with Crippen LogP contribution in [-0.2, 0) is 20.5 Å². The Kier molecular flexibility index (Phi) is 7.44. The molecule has 1 amide bonds. The number of hydrogen-bond donors (Lipinski definition) is 1. The third kappa shape index (κ3) is 5.62. The highest BCUT2D eigenvalue weighted by molar-refractivity contribution is 7.82. The molecule has 150 valence electrons. The smallest absolute Gasteiger partial charge is 0.219 e. The summed E-state index contributed by atoms with van der Waals surface area (Å²) in [7, 11) is -1.09. The first-order chi connectivity index (χ1) is 13.0. The minimum absolute atomic E-state index is 0.0352. The van der Waals surface area contributed by atoms with Crippen LogP contribution >= 0.6 is 0 Å². The molecule has 2 fully saturated rings. The minimum Gasteiger partial charge on any atom is -0.376 e. The molecule has 3 rings (SSSR count). The van der Waals surface area contributed by atoms with Gasteiger partial charge in [0.25, 0.3) is 0 Å². The van der Waals surface area contributed by atoms with Gasteiger partial charge in [-0.1, -0.05) is 30.3 Å². The predicted molar refractivity (Wildman–Crippen MR) is 109 cm³/mol. The van der Waals surface area contributed by atoms with E-state index in [9.17, 15) is 9.00 Å². The van der Waals surface area contributed by atoms with E-state index in [1.54, 1.807) is 13.2 Å². The molecule has 1 N–H and O–H groups in total. The largest absolute Gasteiger partial charge is 0.376 e. The van der Waals surface area contributed by atoms with Gasteiger partial charge >= 0.3 is 0 Å². The van der Waals surface area contributed by atoms with Crippen LogP contribution in [0.25, 0.3) is 0 Å². The first-order valence-corrected chi connectivity index (χ1v) is 11.6. The van der Waals surface area contributed by atoms with Crippen molar-refractivity contribution in [2.75, 3.05) is 19.4 Å². The van der Waals surface area contributed by atoms with E-state index in [1.807, 2.05) is 4.90 Å². The van der Waals surface area contributed by atoms with E-state index in [1.165, 1.54) is 5.56 Å². The van der Waals surface area contributed by atoms with E-state index in [0.29, 0.717) is 12.5 Å². The Balaban J connectivity index is 1.54. The van der Waals surface area contributed by atoms with Crippen molar-refractivity contribution in [2.24, 2.45) is 0 Å². The van der Waals surface area contributed by atoms with Crippen molar-refractivity contribution in [3.8, 4) is 0 Å². The fourth-order valence-electron chi connectivity index (χ4n) is 4.53. The second-order valence-electron chi connectivity index (χ2n) is 7.82. The lowest BCUT2D eigenvalue weighted by atomic mass is 9.83. The summed E-state index contributed by atoms with van der Waals surface area (Å²) < 4.78 is 21.1. The molecular formula is C21H32N2O3S. The van der Waals surface area contributed by atoms with Crippen molar-refractivity contribution in [1.82, 2.24) is 9.62 Å². The van der Waals surface area contributed by atoms with Crippen LogP contribution in [0.4, 0.5) is 0 Å². The Morgan fingerprint density at radius 3 is 2.52 bits per heavy atom. The van der Waals surface area contributed by atoms with Gasteiger partial charge in [-0.3, -0.25) is 4.79 Å². The SMILES string of the molecule is CC(=O)N1CCCC(NS(C)=O)C1COC1CCC(c2ccccc2)CC1. The number of piperidine rings is 1. The summed E-state index contributed by atoms with van der Waals surface area (Å²) in [6, 6.07) is 10.7. The molecule has 1 saturated carbocycles. The summed E-state index contributed by atoms with van der Waals surface area (Å²) in [4.78, 5) is 14.0. The predicted octanol–water partition coefficient (Wildman–Crippen LogP) is 2.99. The van der Waals surface area contributed by atoms with Crippen LogP contribution in [0.1, 0.15) is 56.9 Å². The number of amides is 1. The summed E-state index contributed by atoms with van der Waals surface area (Å²) in [6.07, 6.45) is 8.19. The summed E-state index contributed by atoms with van der Waals surface area (Å²) in [5.74, 6) is 0.705. The minimum atomic E-state index is -1.09. The molecule has 0 spiro atoms. The molecule has 1 aromatic rings. The number of nitrogens with one attached hydrogen (secondary N) is 1. The highest BCUT2D eigenvalue weighted by Crippen LogP contribution is 2.34. The van der Waals surface area contributed by atoms with Gasteiger partial charge in [0.2, 0.25) is 5.91 Å². The van der Waals surface area contributed by atoms with Gasteiger partial charge in [0, 0.05) is 25.8 Å². The molecule has 1 aliphatic carbocycles. The van der Waals surface area contributed by atoms with Crippen molar-refractivity contribution in [3.05, 3.63) is 35.9 Å². The molecule has 1 aromatic carbocycles. The van der Waals surface area contributed by atoms with E-state index in [2.05, 4.69) is 35.1 Å². The third-order valence-corrected chi connectivity index (χ3v) is 6.58. The average Bonchev–Trinajstić information content (AvgIpc) is 2.67. The fraction of sp³-hybridized carbons (Fsp3) is 0.667. The summed E-state index contributed by atoms with van der Waals surface area (Å²) >= 11 is 0. The Hall–Kier alpha value is -1.24. The lowest BCUT2D eigenvalue weighted by Gasteiger charge is -2.41. The van der Waals surface area contributed by atoms with Gasteiger partial charge in [-0.15, -0.1) is 0 Å². The number of carbonyl (C=O) groups excluding carboxylic acids is 1. The van der Waals surface area contributed by atoms with Crippen molar-refractivity contribution in [2.45, 2.75) is 69.6 Å². The van der Waals surface area contributed by atoms with Gasteiger partial charge in [0.05, 0.1) is 29.7 Å². The van der Waals surface area contributed by atoms with E-state index in [-0.39, 0.29) is 24.1 Å². The van der Waals surface area contributed by atoms with Crippen LogP contribution in [0.5, 0.6) is 0 Å². The van der Waals surface area contributed by atoms with Crippen molar-refractivity contribution < 1.29 is 13.7 Å². The van der Waals surface area contributed by atoms with Gasteiger partial charge in [0.15, 0.2) is 0 Å². The van der Waals surface area contributed by atoms with Gasteiger partial charge in [0.1, 0.15) is 0 Å². The number of rotatable bonds is 6. The van der Waals surface area contributed by atoms with E-state index < -0.39 is 11.0 Å². The zero-order valence-corrected chi connectivity index (χ0v) is 17.2. The molecule has 27 heavy (non-hydrogen) atoms. The summed E-state index contributed by atoms with van der Waals surface area (Å²) in [5, 5.41) is 0. The molecule has 6 heteroatoms. The Morgan fingerprint density at radius 2 is 1.89 bits per heavy atom. The van der Waals surface area contributed by atoms with Gasteiger partial charge < -0.3 is 9.64 Å². The molecule has 1 saturated heterocycles. The number of benzene rings is 1. The molecular weight excluding hydrogens is 360 g/mol. The maximum Gasteiger partial charge on any atom is 0.219 e. The van der Waals surface area contributed by atoms with Crippen LogP contribution in [0.2, 0.25) is 0 Å². The van der Waals surface area contributed by atoms with Crippen LogP contribution in [-0.4, -0.2) is 52.6 Å². The Morgan fingerprint density at radius 1 is 1.19 bits per heavy atom. The van der Waals surface area contributed by atoms with Crippen molar-refractivity contribution in [3.63, 3.8) is 0 Å². The monoisotopic (exact) mass is 392 g/mol. The number of nitrogens with zero attached hydrogens (tertiary/aromatic N) is 1. The van der Waals surface area contributed by atoms with Crippen molar-refractivity contribution >= 4 is 16.9 Å². The Labute approximate surface area is 165 Å². The topological polar surface area (TPSA) is 58.6 Å². The summed E-state index contributed by atoms with van der Waals surface area (Å²) in [5.41, 5.74) is 1.43. The van der Waals surface area contributed by atoms with E-state index in [0.717, 1.165) is 45.1 Å². The molecule has 2 aliphatic rings. The number of carbonyl (C=O) groups is 1. The fourth-order valence-corrected chi connectivity index (χ4v) is 5.23. The summed E-state index contributed by atoms with van der Waals surface area (Å²) in [6.45, 7) is 2.90. The van der Waals surface area contributed by atoms with E-state index in [4.69, 9.17) is 4.74 Å². The molecule has 5 nitrogen and oxygen atoms in total. The second-order valence-corrected chi connectivity index (χ2v) is 8.96. The van der Waals surface area contributed by atoms with Crippen molar-refractivity contribution in [1.29, 1.82) is 0 Å². The molecule has 0 radical (unpaired) electrons. The highest BCUT2D eigenvalue weighted by Gasteiger charge is 2.34. The molecule has 3 unspecified atom stereocenters. The Bertz CT molecular complexity index is 632. The molecule has 3 atom stereocenters.